The molecule has 0 fully saturated rings. The minimum absolute atomic E-state index is 0.205. The zero-order valence-corrected chi connectivity index (χ0v) is 12.4. The van der Waals surface area contributed by atoms with E-state index >= 15 is 0 Å². The van der Waals surface area contributed by atoms with Gasteiger partial charge in [0.1, 0.15) is 0 Å². The van der Waals surface area contributed by atoms with Crippen molar-refractivity contribution in [3.8, 4) is 17.1 Å². The highest BCUT2D eigenvalue weighted by Crippen LogP contribution is 2.35. The molecule has 6 nitrogen and oxygen atoms in total. The third-order valence-electron chi connectivity index (χ3n) is 3.84. The molecule has 0 aliphatic rings. The van der Waals surface area contributed by atoms with Crippen LogP contribution in [-0.2, 0) is 0 Å². The van der Waals surface area contributed by atoms with Gasteiger partial charge in [0.15, 0.2) is 11.6 Å². The lowest BCUT2D eigenvalue weighted by Gasteiger charge is -2.20. The summed E-state index contributed by atoms with van der Waals surface area (Å²) in [5.41, 5.74) is 7.34. The number of hydrogen-bond acceptors (Lipinski definition) is 5. The summed E-state index contributed by atoms with van der Waals surface area (Å²) in [6, 6.07) is 5.80. The first kappa shape index (κ1) is 14.3. The zero-order chi connectivity index (χ0) is 14.7. The molecule has 2 N–H and O–H groups in total. The van der Waals surface area contributed by atoms with Gasteiger partial charge in [-0.25, -0.2) is 4.68 Å². The van der Waals surface area contributed by atoms with Crippen LogP contribution < -0.4 is 10.5 Å². The molecule has 0 saturated heterocycles. The molecule has 0 bridgehead atoms. The number of nitrogens with two attached hydrogens (primary N) is 1. The highest BCUT2D eigenvalue weighted by atomic mass is 16.5. The minimum Gasteiger partial charge on any atom is -0.494 e. The smallest absolute Gasteiger partial charge is 0.186 e. The SMILES string of the molecule is CCC(C)C(C)n1nnnc1-c1cccc(N)c1OC. The number of nitrogens with zero attached hydrogens (tertiary/aromatic N) is 4. The zero-order valence-electron chi connectivity index (χ0n) is 12.4. The van der Waals surface area contributed by atoms with E-state index in [1.807, 2.05) is 16.8 Å². The molecule has 0 aliphatic carbocycles. The summed E-state index contributed by atoms with van der Waals surface area (Å²) >= 11 is 0. The number of anilines is 1. The second kappa shape index (κ2) is 5.90. The number of methoxy groups -OCH3 is 1. The predicted molar refractivity (Wildman–Crippen MR) is 78.4 cm³/mol. The molecular weight excluding hydrogens is 254 g/mol. The van der Waals surface area contributed by atoms with E-state index in [1.165, 1.54) is 0 Å². The Morgan fingerprint density at radius 3 is 2.75 bits per heavy atom. The first-order valence-corrected chi connectivity index (χ1v) is 6.80. The molecule has 0 amide bonds. The summed E-state index contributed by atoms with van der Waals surface area (Å²) in [4.78, 5) is 0. The average molecular weight is 275 g/mol. The minimum atomic E-state index is 0.205. The molecule has 2 unspecified atom stereocenters. The molecule has 2 aromatic rings. The molecule has 1 aromatic carbocycles. The van der Waals surface area contributed by atoms with Gasteiger partial charge in [-0.15, -0.1) is 5.10 Å². The van der Waals surface area contributed by atoms with E-state index < -0.39 is 0 Å². The lowest BCUT2D eigenvalue weighted by molar-refractivity contribution is 0.339. The summed E-state index contributed by atoms with van der Waals surface area (Å²) in [7, 11) is 1.60. The Morgan fingerprint density at radius 1 is 1.35 bits per heavy atom. The number of nitrogen functional groups attached to an aromatic ring is 1. The van der Waals surface area contributed by atoms with Gasteiger partial charge in [0, 0.05) is 0 Å². The number of para-hydroxylation sites is 1. The second-order valence-corrected chi connectivity index (χ2v) is 5.00. The Balaban J connectivity index is 2.50. The van der Waals surface area contributed by atoms with Crippen molar-refractivity contribution in [3.05, 3.63) is 18.2 Å². The molecular formula is C14H21N5O. The average Bonchev–Trinajstić information content (AvgIpc) is 2.94. The highest BCUT2D eigenvalue weighted by Gasteiger charge is 2.21. The van der Waals surface area contributed by atoms with Crippen molar-refractivity contribution in [2.75, 3.05) is 12.8 Å². The number of benzene rings is 1. The number of hydrogen-bond donors (Lipinski definition) is 1. The maximum atomic E-state index is 5.95. The molecule has 0 spiro atoms. The Labute approximate surface area is 118 Å². The maximum absolute atomic E-state index is 5.95. The van der Waals surface area contributed by atoms with Gasteiger partial charge in [-0.05, 0) is 35.4 Å². The van der Waals surface area contributed by atoms with E-state index in [-0.39, 0.29) is 6.04 Å². The Bertz CT molecular complexity index is 581. The molecule has 2 atom stereocenters. The van der Waals surface area contributed by atoms with Crippen LogP contribution in [0.3, 0.4) is 0 Å². The first-order chi connectivity index (χ1) is 9.60. The fourth-order valence-electron chi connectivity index (χ4n) is 2.19. The summed E-state index contributed by atoms with van der Waals surface area (Å²) in [6.07, 6.45) is 1.06. The van der Waals surface area contributed by atoms with Crippen LogP contribution in [0.4, 0.5) is 5.69 Å². The van der Waals surface area contributed by atoms with Crippen molar-refractivity contribution < 1.29 is 4.74 Å². The van der Waals surface area contributed by atoms with E-state index in [0.717, 1.165) is 12.0 Å². The summed E-state index contributed by atoms with van der Waals surface area (Å²) in [5, 5.41) is 12.1. The van der Waals surface area contributed by atoms with Crippen LogP contribution in [0.5, 0.6) is 5.75 Å². The van der Waals surface area contributed by atoms with Gasteiger partial charge in [0.05, 0.1) is 24.4 Å². The topological polar surface area (TPSA) is 78.9 Å². The van der Waals surface area contributed by atoms with Gasteiger partial charge < -0.3 is 10.5 Å². The Kier molecular flexibility index (Phi) is 4.22. The molecule has 0 aliphatic heterocycles. The van der Waals surface area contributed by atoms with E-state index in [0.29, 0.717) is 23.2 Å². The van der Waals surface area contributed by atoms with Crippen molar-refractivity contribution in [1.29, 1.82) is 0 Å². The second-order valence-electron chi connectivity index (χ2n) is 5.00. The van der Waals surface area contributed by atoms with E-state index in [1.54, 1.807) is 13.2 Å². The van der Waals surface area contributed by atoms with Gasteiger partial charge in [0.25, 0.3) is 0 Å². The molecule has 108 valence electrons. The van der Waals surface area contributed by atoms with Crippen molar-refractivity contribution in [2.24, 2.45) is 5.92 Å². The molecule has 0 saturated carbocycles. The van der Waals surface area contributed by atoms with Gasteiger partial charge >= 0.3 is 0 Å². The summed E-state index contributed by atoms with van der Waals surface area (Å²) in [6.45, 7) is 6.46. The van der Waals surface area contributed by atoms with Crippen molar-refractivity contribution >= 4 is 5.69 Å². The number of ether oxygens (including phenoxy) is 1. The lowest BCUT2D eigenvalue weighted by Crippen LogP contribution is -2.16. The van der Waals surface area contributed by atoms with Gasteiger partial charge in [-0.2, -0.15) is 0 Å². The van der Waals surface area contributed by atoms with Crippen LogP contribution >= 0.6 is 0 Å². The number of tetrazole rings is 1. The maximum Gasteiger partial charge on any atom is 0.186 e. The first-order valence-electron chi connectivity index (χ1n) is 6.80. The summed E-state index contributed by atoms with van der Waals surface area (Å²) in [5.74, 6) is 1.77. The van der Waals surface area contributed by atoms with Crippen LogP contribution in [-0.4, -0.2) is 27.3 Å². The van der Waals surface area contributed by atoms with Crippen molar-refractivity contribution in [1.82, 2.24) is 20.2 Å². The van der Waals surface area contributed by atoms with E-state index in [2.05, 4.69) is 36.3 Å². The Morgan fingerprint density at radius 2 is 2.10 bits per heavy atom. The van der Waals surface area contributed by atoms with E-state index in [4.69, 9.17) is 10.5 Å². The fourth-order valence-corrected chi connectivity index (χ4v) is 2.19. The standard InChI is InChI=1S/C14H21N5O/c1-5-9(2)10(3)19-14(16-17-18-19)11-7-6-8-12(15)13(11)20-4/h6-10H,5,15H2,1-4H3. The van der Waals surface area contributed by atoms with Crippen LogP contribution in [0.25, 0.3) is 11.4 Å². The van der Waals surface area contributed by atoms with Crippen molar-refractivity contribution in [2.45, 2.75) is 33.2 Å². The highest BCUT2D eigenvalue weighted by molar-refractivity contribution is 5.73. The monoisotopic (exact) mass is 275 g/mol. The largest absolute Gasteiger partial charge is 0.494 e. The third-order valence-corrected chi connectivity index (χ3v) is 3.84. The molecule has 6 heteroatoms. The molecule has 1 heterocycles. The molecule has 20 heavy (non-hydrogen) atoms. The van der Waals surface area contributed by atoms with Gasteiger partial charge in [-0.1, -0.05) is 26.3 Å². The number of rotatable bonds is 5. The van der Waals surface area contributed by atoms with Crippen LogP contribution in [0.15, 0.2) is 18.2 Å². The van der Waals surface area contributed by atoms with Gasteiger partial charge in [0.2, 0.25) is 0 Å². The normalized spacial score (nSPS) is 14.0. The van der Waals surface area contributed by atoms with Crippen molar-refractivity contribution in [3.63, 3.8) is 0 Å². The molecule has 0 radical (unpaired) electrons. The van der Waals surface area contributed by atoms with Crippen LogP contribution in [0, 0.1) is 5.92 Å². The van der Waals surface area contributed by atoms with Crippen LogP contribution in [0.1, 0.15) is 33.2 Å². The Hall–Kier alpha value is -2.11. The van der Waals surface area contributed by atoms with Gasteiger partial charge in [-0.3, -0.25) is 0 Å². The quantitative estimate of drug-likeness (QED) is 0.848. The lowest BCUT2D eigenvalue weighted by atomic mass is 10.0. The number of aromatic nitrogens is 4. The summed E-state index contributed by atoms with van der Waals surface area (Å²) < 4.78 is 7.23. The molecule has 1 aromatic heterocycles. The van der Waals surface area contributed by atoms with E-state index in [9.17, 15) is 0 Å². The third kappa shape index (κ3) is 2.45. The molecule has 2 rings (SSSR count). The fraction of sp³-hybridized carbons (Fsp3) is 0.500. The van der Waals surface area contributed by atoms with Crippen LogP contribution in [0.2, 0.25) is 0 Å². The predicted octanol–water partition coefficient (Wildman–Crippen LogP) is 2.54.